The number of carbonyl (C=O) groups is 1. The SMILES string of the molecule is O=C1C(Cc2ccc(OCCCCCCS(=O)(=O)[O-])c(F)c2)Nc2c(Cc3ccccc3)nc(-c3ccccc3)c[n+]21.[Na+]. The molecule has 5 rings (SSSR count). The maximum Gasteiger partial charge on any atom is 1.00 e. The van der Waals surface area contributed by atoms with Gasteiger partial charge in [-0.05, 0) is 36.1 Å². The number of fused-ring (bicyclic) bond motifs is 1. The summed E-state index contributed by atoms with van der Waals surface area (Å²) in [7, 11) is -4.19. The molecule has 4 aromatic rings. The van der Waals surface area contributed by atoms with Crippen LogP contribution in [0, 0.1) is 5.82 Å². The van der Waals surface area contributed by atoms with Gasteiger partial charge in [0.1, 0.15) is 17.6 Å². The Morgan fingerprint density at radius 1 is 0.930 bits per heavy atom. The summed E-state index contributed by atoms with van der Waals surface area (Å²) in [5.74, 6) is -0.263. The van der Waals surface area contributed by atoms with E-state index >= 15 is 0 Å². The first-order chi connectivity index (χ1) is 20.3. The maximum absolute atomic E-state index is 14.8. The molecule has 1 unspecified atom stereocenters. The molecule has 1 N–H and O–H groups in total. The van der Waals surface area contributed by atoms with E-state index < -0.39 is 22.0 Å². The molecular formula is C32H32FN3NaO5S+. The molecule has 3 aromatic carbocycles. The Morgan fingerprint density at radius 2 is 1.63 bits per heavy atom. The molecule has 1 aliphatic heterocycles. The van der Waals surface area contributed by atoms with Crippen molar-refractivity contribution in [2.75, 3.05) is 17.7 Å². The molecule has 0 amide bonds. The minimum absolute atomic E-state index is 0. The molecule has 0 bridgehead atoms. The summed E-state index contributed by atoms with van der Waals surface area (Å²) in [6.07, 6.45) is 4.77. The average molecular weight is 613 g/mol. The van der Waals surface area contributed by atoms with Crippen molar-refractivity contribution in [3.8, 4) is 17.0 Å². The second-order valence-electron chi connectivity index (χ2n) is 10.3. The van der Waals surface area contributed by atoms with Crippen molar-refractivity contribution in [2.45, 2.75) is 44.6 Å². The Hall–Kier alpha value is -3.15. The topological polar surface area (TPSA) is 112 Å². The molecular weight excluding hydrogens is 580 g/mol. The van der Waals surface area contributed by atoms with E-state index in [0.29, 0.717) is 49.2 Å². The fourth-order valence-electron chi connectivity index (χ4n) is 5.01. The number of anilines is 1. The van der Waals surface area contributed by atoms with Crippen molar-refractivity contribution in [1.29, 1.82) is 0 Å². The predicted molar refractivity (Wildman–Crippen MR) is 156 cm³/mol. The van der Waals surface area contributed by atoms with Crippen molar-refractivity contribution < 1.29 is 61.0 Å². The Kier molecular flexibility index (Phi) is 11.5. The summed E-state index contributed by atoms with van der Waals surface area (Å²) in [5, 5.41) is 3.34. The van der Waals surface area contributed by atoms with Gasteiger partial charge in [0.25, 0.3) is 0 Å². The summed E-state index contributed by atoms with van der Waals surface area (Å²) in [5.41, 5.74) is 4.08. The van der Waals surface area contributed by atoms with Gasteiger partial charge in [0.15, 0.2) is 17.6 Å². The number of carbonyl (C=O) groups excluding carboxylic acids is 1. The van der Waals surface area contributed by atoms with E-state index in [0.717, 1.165) is 16.8 Å². The maximum atomic E-state index is 14.8. The van der Waals surface area contributed by atoms with Gasteiger partial charge in [-0.1, -0.05) is 79.6 Å². The van der Waals surface area contributed by atoms with Gasteiger partial charge >= 0.3 is 41.3 Å². The summed E-state index contributed by atoms with van der Waals surface area (Å²) < 4.78 is 54.0. The number of unbranched alkanes of at least 4 members (excludes halogenated alkanes) is 3. The van der Waals surface area contributed by atoms with E-state index in [1.165, 1.54) is 6.07 Å². The van der Waals surface area contributed by atoms with Crippen molar-refractivity contribution in [3.63, 3.8) is 0 Å². The van der Waals surface area contributed by atoms with Gasteiger partial charge in [0.05, 0.1) is 16.7 Å². The number of aromatic nitrogens is 2. The standard InChI is InChI=1S/C32H32FN3O5S.Na/c33-26-19-24(15-16-30(26)41-17-9-1-2-10-18-42(38,39)40)21-28-32(37)36-22-29(25-13-7-4-8-14-25)34-27(31(36)35-28)20-23-11-5-3-6-12-23;/h3-8,11-16,19,22,28H,1-2,9-10,17-18,20-21H2,(H,38,39,40);/q;+1. The third kappa shape index (κ3) is 8.93. The first kappa shape index (κ1) is 32.8. The van der Waals surface area contributed by atoms with Crippen molar-refractivity contribution in [1.82, 2.24) is 4.98 Å². The molecule has 43 heavy (non-hydrogen) atoms. The van der Waals surface area contributed by atoms with E-state index in [1.807, 2.05) is 60.7 Å². The minimum Gasteiger partial charge on any atom is -0.748 e. The van der Waals surface area contributed by atoms with Crippen LogP contribution in [0.3, 0.4) is 0 Å². The van der Waals surface area contributed by atoms with Crippen LogP contribution in [0.1, 0.15) is 47.3 Å². The minimum atomic E-state index is -4.19. The molecule has 2 heterocycles. The van der Waals surface area contributed by atoms with Crippen LogP contribution >= 0.6 is 0 Å². The van der Waals surface area contributed by atoms with Crippen molar-refractivity contribution in [3.05, 3.63) is 108 Å². The van der Waals surface area contributed by atoms with Crippen LogP contribution in [0.2, 0.25) is 0 Å². The molecule has 1 atom stereocenters. The average Bonchev–Trinajstić information content (AvgIpc) is 3.29. The molecule has 0 radical (unpaired) electrons. The fraction of sp³-hybridized carbons (Fsp3) is 0.281. The number of hydrogen-bond acceptors (Lipinski definition) is 7. The Labute approximate surface area is 273 Å². The number of rotatable bonds is 13. The molecule has 1 aliphatic rings. The second-order valence-corrected chi connectivity index (χ2v) is 11.9. The van der Waals surface area contributed by atoms with E-state index in [1.54, 1.807) is 22.9 Å². The molecule has 0 saturated carbocycles. The summed E-state index contributed by atoms with van der Waals surface area (Å²) in [6.45, 7) is 0.274. The molecule has 8 nitrogen and oxygen atoms in total. The van der Waals surface area contributed by atoms with Gasteiger partial charge < -0.3 is 9.29 Å². The van der Waals surface area contributed by atoms with Gasteiger partial charge in [-0.25, -0.2) is 22.6 Å². The summed E-state index contributed by atoms with van der Waals surface area (Å²) in [6, 6.07) is 23.8. The third-order valence-electron chi connectivity index (χ3n) is 7.13. The number of ether oxygens (including phenoxy) is 1. The monoisotopic (exact) mass is 612 g/mol. The van der Waals surface area contributed by atoms with Crippen LogP contribution in [0.5, 0.6) is 5.75 Å². The smallest absolute Gasteiger partial charge is 0.748 e. The van der Waals surface area contributed by atoms with Crippen LogP contribution in [-0.4, -0.2) is 42.3 Å². The molecule has 1 aromatic heterocycles. The first-order valence-electron chi connectivity index (χ1n) is 14.0. The summed E-state index contributed by atoms with van der Waals surface area (Å²) in [4.78, 5) is 18.5. The fourth-order valence-corrected chi connectivity index (χ4v) is 5.57. The Bertz CT molecular complexity index is 1660. The van der Waals surface area contributed by atoms with Gasteiger partial charge in [-0.3, -0.25) is 5.32 Å². The molecule has 11 heteroatoms. The van der Waals surface area contributed by atoms with Crippen LogP contribution in [-0.2, 0) is 23.0 Å². The van der Waals surface area contributed by atoms with Gasteiger partial charge in [-0.15, -0.1) is 0 Å². The van der Waals surface area contributed by atoms with Crippen LogP contribution < -0.4 is 44.2 Å². The van der Waals surface area contributed by atoms with Crippen molar-refractivity contribution in [2.24, 2.45) is 0 Å². The zero-order valence-electron chi connectivity index (χ0n) is 24.0. The number of nitrogens with one attached hydrogen (secondary N) is 1. The molecule has 0 aliphatic carbocycles. The van der Waals surface area contributed by atoms with E-state index in [-0.39, 0.29) is 60.0 Å². The van der Waals surface area contributed by atoms with Crippen molar-refractivity contribution >= 4 is 21.8 Å². The molecule has 0 spiro atoms. The van der Waals surface area contributed by atoms with Crippen LogP contribution in [0.25, 0.3) is 11.3 Å². The number of hydrogen-bond donors (Lipinski definition) is 1. The largest absolute Gasteiger partial charge is 1.00 e. The summed E-state index contributed by atoms with van der Waals surface area (Å²) >= 11 is 0. The number of halogens is 1. The Balaban J connectivity index is 0.00000423. The second kappa shape index (κ2) is 15.0. The molecule has 218 valence electrons. The first-order valence-corrected chi connectivity index (χ1v) is 15.5. The van der Waals surface area contributed by atoms with Gasteiger partial charge in [-0.2, -0.15) is 4.57 Å². The number of nitrogens with zero attached hydrogens (tertiary/aromatic N) is 2. The van der Waals surface area contributed by atoms with Gasteiger partial charge in [0.2, 0.25) is 0 Å². The molecule has 0 fully saturated rings. The molecule has 0 saturated heterocycles. The van der Waals surface area contributed by atoms with Gasteiger partial charge in [0, 0.05) is 24.2 Å². The van der Waals surface area contributed by atoms with E-state index in [9.17, 15) is 22.2 Å². The normalized spacial score (nSPS) is 14.1. The quantitative estimate of drug-likeness (QED) is 0.106. The number of benzene rings is 3. The predicted octanol–water partition coefficient (Wildman–Crippen LogP) is 1.93. The van der Waals surface area contributed by atoms with Crippen LogP contribution in [0.4, 0.5) is 10.2 Å². The van der Waals surface area contributed by atoms with E-state index in [4.69, 9.17) is 9.72 Å². The zero-order valence-corrected chi connectivity index (χ0v) is 26.9. The Morgan fingerprint density at radius 3 is 2.33 bits per heavy atom. The third-order valence-corrected chi connectivity index (χ3v) is 7.92. The van der Waals surface area contributed by atoms with Crippen LogP contribution in [0.15, 0.2) is 85.1 Å². The zero-order chi connectivity index (χ0) is 29.5. The van der Waals surface area contributed by atoms with E-state index in [2.05, 4.69) is 5.32 Å².